The van der Waals surface area contributed by atoms with Crippen molar-refractivity contribution < 1.29 is 13.2 Å². The minimum atomic E-state index is -3.48. The molecule has 0 aromatic heterocycles. The smallest absolute Gasteiger partial charge is 0.320 e. The Morgan fingerprint density at radius 1 is 1.07 bits per heavy atom. The number of urea groups is 1. The van der Waals surface area contributed by atoms with Gasteiger partial charge in [0.25, 0.3) is 0 Å². The van der Waals surface area contributed by atoms with E-state index >= 15 is 0 Å². The molecule has 0 heterocycles. The molecule has 7 heteroatoms. The van der Waals surface area contributed by atoms with E-state index in [0.29, 0.717) is 18.8 Å². The summed E-state index contributed by atoms with van der Waals surface area (Å²) >= 11 is 0. The first kappa shape index (κ1) is 20.4. The van der Waals surface area contributed by atoms with Crippen LogP contribution in [0.15, 0.2) is 59.5 Å². The maximum absolute atomic E-state index is 12.7. The van der Waals surface area contributed by atoms with E-state index in [1.165, 1.54) is 4.31 Å². The zero-order chi connectivity index (χ0) is 20.1. The van der Waals surface area contributed by atoms with Crippen molar-refractivity contribution in [2.45, 2.75) is 43.7 Å². The van der Waals surface area contributed by atoms with Crippen LogP contribution in [0.3, 0.4) is 0 Å². The van der Waals surface area contributed by atoms with Crippen molar-refractivity contribution in [3.63, 3.8) is 0 Å². The SMILES string of the molecule is CCCN(Cc1ccccc1)C(=O)Nc1ccc(S(=O)(=O)N(C)C2CC2)cc1. The molecule has 0 radical (unpaired) electrons. The van der Waals surface area contributed by atoms with Gasteiger partial charge in [0.1, 0.15) is 0 Å². The number of sulfonamides is 1. The molecule has 150 valence electrons. The molecule has 0 unspecified atom stereocenters. The van der Waals surface area contributed by atoms with Crippen LogP contribution >= 0.6 is 0 Å². The lowest BCUT2D eigenvalue weighted by Gasteiger charge is -2.23. The first-order chi connectivity index (χ1) is 13.4. The third kappa shape index (κ3) is 4.91. The van der Waals surface area contributed by atoms with Gasteiger partial charge < -0.3 is 10.2 Å². The van der Waals surface area contributed by atoms with Crippen LogP contribution in [0.2, 0.25) is 0 Å². The number of rotatable bonds is 8. The zero-order valence-corrected chi connectivity index (χ0v) is 17.2. The molecule has 6 nitrogen and oxygen atoms in total. The molecule has 1 aliphatic carbocycles. The van der Waals surface area contributed by atoms with E-state index in [0.717, 1.165) is 24.8 Å². The van der Waals surface area contributed by atoms with E-state index in [-0.39, 0.29) is 17.0 Å². The van der Waals surface area contributed by atoms with Crippen molar-refractivity contribution in [2.24, 2.45) is 0 Å². The van der Waals surface area contributed by atoms with Crippen molar-refractivity contribution in [1.29, 1.82) is 0 Å². The molecule has 0 aliphatic heterocycles. The van der Waals surface area contributed by atoms with E-state index < -0.39 is 10.0 Å². The Balaban J connectivity index is 1.67. The van der Waals surface area contributed by atoms with Crippen molar-refractivity contribution in [3.05, 3.63) is 60.2 Å². The van der Waals surface area contributed by atoms with Crippen LogP contribution in [-0.2, 0) is 16.6 Å². The highest BCUT2D eigenvalue weighted by Crippen LogP contribution is 2.30. The van der Waals surface area contributed by atoms with Crippen molar-refractivity contribution >= 4 is 21.7 Å². The average Bonchev–Trinajstić information content (AvgIpc) is 3.53. The Hall–Kier alpha value is -2.38. The number of amides is 2. The predicted molar refractivity (Wildman–Crippen MR) is 111 cm³/mol. The molecule has 1 saturated carbocycles. The number of benzene rings is 2. The number of carbonyl (C=O) groups excluding carboxylic acids is 1. The molecule has 0 saturated heterocycles. The Kier molecular flexibility index (Phi) is 6.36. The molecular weight excluding hydrogens is 374 g/mol. The second-order valence-electron chi connectivity index (χ2n) is 7.11. The first-order valence-corrected chi connectivity index (χ1v) is 11.0. The quantitative estimate of drug-likeness (QED) is 0.729. The topological polar surface area (TPSA) is 69.7 Å². The summed E-state index contributed by atoms with van der Waals surface area (Å²) in [7, 11) is -1.86. The van der Waals surface area contributed by atoms with Crippen LogP contribution < -0.4 is 5.32 Å². The Bertz CT molecular complexity index is 894. The molecule has 2 aromatic carbocycles. The fraction of sp³-hybridized carbons (Fsp3) is 0.381. The number of hydrogen-bond acceptors (Lipinski definition) is 3. The lowest BCUT2D eigenvalue weighted by Crippen LogP contribution is -2.35. The fourth-order valence-corrected chi connectivity index (χ4v) is 4.46. The van der Waals surface area contributed by atoms with Crippen molar-refractivity contribution in [2.75, 3.05) is 18.9 Å². The number of nitrogens with zero attached hydrogens (tertiary/aromatic N) is 2. The van der Waals surface area contributed by atoms with Crippen molar-refractivity contribution in [1.82, 2.24) is 9.21 Å². The van der Waals surface area contributed by atoms with Gasteiger partial charge in [-0.3, -0.25) is 0 Å². The average molecular weight is 402 g/mol. The van der Waals surface area contributed by atoms with Gasteiger partial charge in [-0.25, -0.2) is 13.2 Å². The predicted octanol–water partition coefficient (Wildman–Crippen LogP) is 3.91. The molecular formula is C21H27N3O3S. The highest BCUT2D eigenvalue weighted by Gasteiger charge is 2.34. The van der Waals surface area contributed by atoms with Gasteiger partial charge in [0.2, 0.25) is 10.0 Å². The number of anilines is 1. The molecule has 0 spiro atoms. The highest BCUT2D eigenvalue weighted by molar-refractivity contribution is 7.89. The summed E-state index contributed by atoms with van der Waals surface area (Å²) in [4.78, 5) is 14.7. The molecule has 1 aliphatic rings. The first-order valence-electron chi connectivity index (χ1n) is 9.59. The molecule has 0 bridgehead atoms. The standard InChI is InChI=1S/C21H27N3O3S/c1-3-15-24(16-17-7-5-4-6-8-17)21(25)22-18-9-13-20(14-10-18)28(26,27)23(2)19-11-12-19/h4-10,13-14,19H,3,11-12,15-16H2,1-2H3,(H,22,25). The minimum absolute atomic E-state index is 0.116. The normalized spacial score (nSPS) is 14.1. The molecule has 3 rings (SSSR count). The Morgan fingerprint density at radius 3 is 2.29 bits per heavy atom. The fourth-order valence-electron chi connectivity index (χ4n) is 3.04. The summed E-state index contributed by atoms with van der Waals surface area (Å²) in [5, 5.41) is 2.87. The van der Waals surface area contributed by atoms with Crippen LogP contribution in [0.25, 0.3) is 0 Å². The van der Waals surface area contributed by atoms with E-state index in [4.69, 9.17) is 0 Å². The number of carbonyl (C=O) groups is 1. The molecule has 1 fully saturated rings. The number of hydrogen-bond donors (Lipinski definition) is 1. The van der Waals surface area contributed by atoms with Crippen LogP contribution in [0.5, 0.6) is 0 Å². The summed E-state index contributed by atoms with van der Waals surface area (Å²) < 4.78 is 26.6. The van der Waals surface area contributed by atoms with Gasteiger partial charge in [-0.2, -0.15) is 4.31 Å². The summed E-state index contributed by atoms with van der Waals surface area (Å²) in [5.41, 5.74) is 1.64. The van der Waals surface area contributed by atoms with Gasteiger partial charge in [-0.1, -0.05) is 37.3 Å². The second-order valence-corrected chi connectivity index (χ2v) is 9.11. The number of nitrogens with one attached hydrogen (secondary N) is 1. The third-order valence-corrected chi connectivity index (χ3v) is 6.76. The largest absolute Gasteiger partial charge is 0.322 e. The summed E-state index contributed by atoms with van der Waals surface area (Å²) in [6.07, 6.45) is 2.68. The van der Waals surface area contributed by atoms with Gasteiger partial charge >= 0.3 is 6.03 Å². The Morgan fingerprint density at radius 2 is 1.71 bits per heavy atom. The molecule has 2 amide bonds. The van der Waals surface area contributed by atoms with E-state index in [2.05, 4.69) is 5.32 Å². The van der Waals surface area contributed by atoms with Crippen LogP contribution in [0.4, 0.5) is 10.5 Å². The van der Waals surface area contributed by atoms with Gasteiger partial charge in [0.15, 0.2) is 0 Å². The summed E-state index contributed by atoms with van der Waals surface area (Å²) in [5.74, 6) is 0. The molecule has 2 aromatic rings. The summed E-state index contributed by atoms with van der Waals surface area (Å²) in [6, 6.07) is 16.1. The maximum atomic E-state index is 12.7. The van der Waals surface area contributed by atoms with Crippen LogP contribution in [0, 0.1) is 0 Å². The zero-order valence-electron chi connectivity index (χ0n) is 16.3. The van der Waals surface area contributed by atoms with Gasteiger partial charge in [0, 0.05) is 31.9 Å². The lowest BCUT2D eigenvalue weighted by molar-refractivity contribution is 0.209. The minimum Gasteiger partial charge on any atom is -0.320 e. The van der Waals surface area contributed by atoms with E-state index in [1.807, 2.05) is 37.3 Å². The van der Waals surface area contributed by atoms with Gasteiger partial charge in [0.05, 0.1) is 4.90 Å². The maximum Gasteiger partial charge on any atom is 0.322 e. The molecule has 0 atom stereocenters. The monoisotopic (exact) mass is 401 g/mol. The molecule has 28 heavy (non-hydrogen) atoms. The lowest BCUT2D eigenvalue weighted by atomic mass is 10.2. The van der Waals surface area contributed by atoms with Crippen LogP contribution in [-0.4, -0.2) is 43.3 Å². The summed E-state index contributed by atoms with van der Waals surface area (Å²) in [6.45, 7) is 3.19. The van der Waals surface area contributed by atoms with E-state index in [9.17, 15) is 13.2 Å². The van der Waals surface area contributed by atoms with Crippen LogP contribution in [0.1, 0.15) is 31.7 Å². The van der Waals surface area contributed by atoms with Gasteiger partial charge in [-0.05, 0) is 49.1 Å². The van der Waals surface area contributed by atoms with Gasteiger partial charge in [-0.15, -0.1) is 0 Å². The Labute approximate surface area is 167 Å². The van der Waals surface area contributed by atoms with E-state index in [1.54, 1.807) is 36.2 Å². The highest BCUT2D eigenvalue weighted by atomic mass is 32.2. The molecule has 1 N–H and O–H groups in total. The second kappa shape index (κ2) is 8.75. The van der Waals surface area contributed by atoms with Crippen molar-refractivity contribution in [3.8, 4) is 0 Å². The third-order valence-electron chi connectivity index (χ3n) is 4.84.